The summed E-state index contributed by atoms with van der Waals surface area (Å²) in [6.45, 7) is 9.81. The fraction of sp³-hybridized carbons (Fsp3) is 0.923. The lowest BCUT2D eigenvalue weighted by Crippen LogP contribution is -2.32. The predicted octanol–water partition coefficient (Wildman–Crippen LogP) is 1.90. The number of hydrogen-bond donors (Lipinski definition) is 1. The van der Waals surface area contributed by atoms with Gasteiger partial charge in [-0.15, -0.1) is 0 Å². The lowest BCUT2D eigenvalue weighted by Gasteiger charge is -2.21. The fourth-order valence-electron chi connectivity index (χ4n) is 2.05. The zero-order valence-electron chi connectivity index (χ0n) is 10.9. The van der Waals surface area contributed by atoms with Crippen molar-refractivity contribution < 1.29 is 9.90 Å². The maximum absolute atomic E-state index is 12.0. The molecule has 3 nitrogen and oxygen atoms in total. The Bertz CT molecular complexity index is 238. The number of amides is 1. The summed E-state index contributed by atoms with van der Waals surface area (Å²) in [6.07, 6.45) is 1.30. The molecule has 0 bridgehead atoms. The quantitative estimate of drug-likeness (QED) is 0.797. The molecule has 0 aliphatic carbocycles. The third-order valence-electron chi connectivity index (χ3n) is 3.89. The molecule has 3 unspecified atom stereocenters. The Morgan fingerprint density at radius 3 is 2.44 bits per heavy atom. The van der Waals surface area contributed by atoms with Gasteiger partial charge < -0.3 is 10.0 Å². The molecular formula is C13H25NO2. The van der Waals surface area contributed by atoms with Crippen molar-refractivity contribution in [1.82, 2.24) is 4.90 Å². The molecule has 1 aliphatic heterocycles. The summed E-state index contributed by atoms with van der Waals surface area (Å²) < 4.78 is 0. The minimum Gasteiger partial charge on any atom is -0.393 e. The zero-order chi connectivity index (χ0) is 12.3. The van der Waals surface area contributed by atoms with Crippen LogP contribution in [0.5, 0.6) is 0 Å². The van der Waals surface area contributed by atoms with Crippen LogP contribution in [0.4, 0.5) is 0 Å². The molecule has 1 rings (SSSR count). The average Bonchev–Trinajstić information content (AvgIpc) is 2.65. The van der Waals surface area contributed by atoms with E-state index in [1.807, 2.05) is 11.8 Å². The van der Waals surface area contributed by atoms with Gasteiger partial charge in [0.2, 0.25) is 5.91 Å². The molecule has 1 amide bonds. The van der Waals surface area contributed by atoms with E-state index >= 15 is 0 Å². The van der Waals surface area contributed by atoms with Crippen LogP contribution < -0.4 is 0 Å². The van der Waals surface area contributed by atoms with E-state index in [1.165, 1.54) is 0 Å². The average molecular weight is 227 g/mol. The predicted molar refractivity (Wildman–Crippen MR) is 65.0 cm³/mol. The van der Waals surface area contributed by atoms with Crippen LogP contribution in [0.2, 0.25) is 0 Å². The van der Waals surface area contributed by atoms with Gasteiger partial charge in [-0.3, -0.25) is 4.79 Å². The van der Waals surface area contributed by atoms with Crippen molar-refractivity contribution >= 4 is 5.91 Å². The Morgan fingerprint density at radius 2 is 2.00 bits per heavy atom. The summed E-state index contributed by atoms with van der Waals surface area (Å²) in [6, 6.07) is 0. The smallest absolute Gasteiger partial charge is 0.222 e. The number of likely N-dealkylation sites (tertiary alicyclic amines) is 1. The largest absolute Gasteiger partial charge is 0.393 e. The van der Waals surface area contributed by atoms with Crippen molar-refractivity contribution in [3.63, 3.8) is 0 Å². The Balaban J connectivity index is 2.39. The molecule has 0 saturated carbocycles. The summed E-state index contributed by atoms with van der Waals surface area (Å²) in [7, 11) is 0. The molecule has 94 valence electrons. The lowest BCUT2D eigenvalue weighted by molar-refractivity contribution is -0.131. The van der Waals surface area contributed by atoms with Gasteiger partial charge in [0, 0.05) is 25.4 Å². The molecule has 1 saturated heterocycles. The number of carbonyl (C=O) groups excluding carboxylic acids is 1. The molecule has 0 aromatic carbocycles. The van der Waals surface area contributed by atoms with Crippen LogP contribution >= 0.6 is 0 Å². The van der Waals surface area contributed by atoms with Crippen molar-refractivity contribution in [3.8, 4) is 0 Å². The topological polar surface area (TPSA) is 40.5 Å². The monoisotopic (exact) mass is 227 g/mol. The van der Waals surface area contributed by atoms with Gasteiger partial charge >= 0.3 is 0 Å². The maximum atomic E-state index is 12.0. The van der Waals surface area contributed by atoms with Crippen molar-refractivity contribution in [1.29, 1.82) is 0 Å². The van der Waals surface area contributed by atoms with Crippen molar-refractivity contribution in [2.24, 2.45) is 17.8 Å². The van der Waals surface area contributed by atoms with Gasteiger partial charge in [-0.05, 0) is 25.2 Å². The highest BCUT2D eigenvalue weighted by Gasteiger charge is 2.29. The molecule has 0 spiro atoms. The molecule has 0 aromatic heterocycles. The Labute approximate surface area is 98.8 Å². The van der Waals surface area contributed by atoms with E-state index in [2.05, 4.69) is 20.8 Å². The number of carbonyl (C=O) groups is 1. The molecule has 0 aromatic rings. The summed E-state index contributed by atoms with van der Waals surface area (Å²) in [4.78, 5) is 13.9. The Hall–Kier alpha value is -0.570. The van der Waals surface area contributed by atoms with E-state index in [4.69, 9.17) is 0 Å². The molecular weight excluding hydrogens is 202 g/mol. The zero-order valence-corrected chi connectivity index (χ0v) is 10.9. The summed E-state index contributed by atoms with van der Waals surface area (Å²) >= 11 is 0. The number of nitrogens with zero attached hydrogens (tertiary/aromatic N) is 1. The van der Waals surface area contributed by atoms with Crippen LogP contribution in [0.15, 0.2) is 0 Å². The van der Waals surface area contributed by atoms with Crippen LogP contribution in [0.3, 0.4) is 0 Å². The summed E-state index contributed by atoms with van der Waals surface area (Å²) in [5.74, 6) is 1.53. The highest BCUT2D eigenvalue weighted by atomic mass is 16.3. The first-order valence-electron chi connectivity index (χ1n) is 6.37. The number of aliphatic hydroxyl groups is 1. The van der Waals surface area contributed by atoms with Gasteiger partial charge in [0.25, 0.3) is 0 Å². The van der Waals surface area contributed by atoms with Gasteiger partial charge in [0.05, 0.1) is 6.10 Å². The Kier molecular flexibility index (Phi) is 4.78. The Morgan fingerprint density at radius 1 is 1.38 bits per heavy atom. The van der Waals surface area contributed by atoms with E-state index in [1.54, 1.807) is 0 Å². The highest BCUT2D eigenvalue weighted by molar-refractivity contribution is 5.76. The molecule has 3 atom stereocenters. The van der Waals surface area contributed by atoms with E-state index < -0.39 is 0 Å². The highest BCUT2D eigenvalue weighted by Crippen LogP contribution is 2.22. The summed E-state index contributed by atoms with van der Waals surface area (Å²) in [5, 5.41) is 9.48. The molecule has 0 radical (unpaired) electrons. The minimum absolute atomic E-state index is 0.254. The standard InChI is InChI=1S/C13H25NO2/c1-9(2)10(3)7-13(16)14-6-5-12(8-14)11(4)15/h9-12,15H,5-8H2,1-4H3. The number of hydrogen-bond acceptors (Lipinski definition) is 2. The van der Waals surface area contributed by atoms with Crippen molar-refractivity contribution in [3.05, 3.63) is 0 Å². The fourth-order valence-corrected chi connectivity index (χ4v) is 2.05. The summed E-state index contributed by atoms with van der Waals surface area (Å²) in [5.41, 5.74) is 0. The SMILES string of the molecule is CC(C)C(C)CC(=O)N1CCC(C(C)O)C1. The molecule has 1 N–H and O–H groups in total. The minimum atomic E-state index is -0.291. The molecule has 3 heteroatoms. The first kappa shape index (κ1) is 13.5. The van der Waals surface area contributed by atoms with Crippen LogP contribution in [-0.2, 0) is 4.79 Å². The lowest BCUT2D eigenvalue weighted by atomic mass is 9.94. The molecule has 1 aliphatic rings. The second-order valence-electron chi connectivity index (χ2n) is 5.55. The second kappa shape index (κ2) is 5.67. The van der Waals surface area contributed by atoms with Gasteiger partial charge in [0.15, 0.2) is 0 Å². The maximum Gasteiger partial charge on any atom is 0.222 e. The third kappa shape index (κ3) is 3.48. The third-order valence-corrected chi connectivity index (χ3v) is 3.89. The number of rotatable bonds is 4. The van der Waals surface area contributed by atoms with Crippen LogP contribution in [0, 0.1) is 17.8 Å². The second-order valence-corrected chi connectivity index (χ2v) is 5.55. The van der Waals surface area contributed by atoms with Gasteiger partial charge in [-0.1, -0.05) is 20.8 Å². The first-order valence-corrected chi connectivity index (χ1v) is 6.37. The molecule has 1 heterocycles. The normalized spacial score (nSPS) is 24.9. The van der Waals surface area contributed by atoms with Gasteiger partial charge in [-0.2, -0.15) is 0 Å². The van der Waals surface area contributed by atoms with E-state index in [9.17, 15) is 9.90 Å². The van der Waals surface area contributed by atoms with E-state index in [0.29, 0.717) is 18.3 Å². The van der Waals surface area contributed by atoms with Gasteiger partial charge in [0.1, 0.15) is 0 Å². The number of aliphatic hydroxyl groups excluding tert-OH is 1. The van der Waals surface area contributed by atoms with Crippen LogP contribution in [-0.4, -0.2) is 35.1 Å². The first-order chi connectivity index (χ1) is 7.41. The van der Waals surface area contributed by atoms with E-state index in [0.717, 1.165) is 19.5 Å². The van der Waals surface area contributed by atoms with Crippen molar-refractivity contribution in [2.75, 3.05) is 13.1 Å². The molecule has 16 heavy (non-hydrogen) atoms. The molecule has 1 fully saturated rings. The van der Waals surface area contributed by atoms with E-state index in [-0.39, 0.29) is 17.9 Å². The van der Waals surface area contributed by atoms with Crippen LogP contribution in [0.1, 0.15) is 40.5 Å². The van der Waals surface area contributed by atoms with Crippen molar-refractivity contribution in [2.45, 2.75) is 46.6 Å². The van der Waals surface area contributed by atoms with Gasteiger partial charge in [-0.25, -0.2) is 0 Å². The van der Waals surface area contributed by atoms with Crippen LogP contribution in [0.25, 0.3) is 0 Å².